The van der Waals surface area contributed by atoms with Gasteiger partial charge in [0, 0.05) is 16.7 Å². The Labute approximate surface area is 72.2 Å². The molecular formula is C6H7BrN2O2. The summed E-state index contributed by atoms with van der Waals surface area (Å²) in [7, 11) is 1.36. The molecular weight excluding hydrogens is 212 g/mol. The van der Waals surface area contributed by atoms with Crippen LogP contribution in [-0.4, -0.2) is 17.1 Å². The lowest BCUT2D eigenvalue weighted by Gasteiger charge is -2.14. The van der Waals surface area contributed by atoms with Crippen molar-refractivity contribution in [3.63, 3.8) is 0 Å². The fraction of sp³-hybridized carbons (Fsp3) is 0.167. The number of hydrogen-bond donors (Lipinski definition) is 2. The Kier molecular flexibility index (Phi) is 2.43. The van der Waals surface area contributed by atoms with Gasteiger partial charge in [-0.15, -0.1) is 0 Å². The molecule has 0 bridgehead atoms. The molecule has 0 aliphatic rings. The molecule has 0 saturated carbocycles. The number of nitrogens with zero attached hydrogens (tertiary/aromatic N) is 1. The van der Waals surface area contributed by atoms with Crippen molar-refractivity contribution in [2.24, 2.45) is 0 Å². The lowest BCUT2D eigenvalue weighted by Crippen LogP contribution is -2.98. The molecule has 1 aromatic rings. The van der Waals surface area contributed by atoms with Crippen LogP contribution in [0.1, 0.15) is 0 Å². The van der Waals surface area contributed by atoms with Crippen LogP contribution in [0.3, 0.4) is 0 Å². The number of hydrogen-bond acceptors (Lipinski definition) is 3. The van der Waals surface area contributed by atoms with Gasteiger partial charge in [-0.05, 0) is 15.9 Å². The fourth-order valence-electron chi connectivity index (χ4n) is 0.700. The minimum atomic E-state index is -0.241. The van der Waals surface area contributed by atoms with Crippen LogP contribution in [-0.2, 0) is 0 Å². The van der Waals surface area contributed by atoms with Gasteiger partial charge in [-0.2, -0.15) is 0 Å². The summed E-state index contributed by atoms with van der Waals surface area (Å²) in [5, 5.41) is 19.6. The second-order valence-corrected chi connectivity index (χ2v) is 2.99. The molecule has 0 aromatic carbocycles. The van der Waals surface area contributed by atoms with Crippen molar-refractivity contribution in [1.29, 1.82) is 0 Å². The van der Waals surface area contributed by atoms with Gasteiger partial charge in [0.15, 0.2) is 5.75 Å². The number of quaternary nitrogens is 1. The van der Waals surface area contributed by atoms with E-state index >= 15 is 0 Å². The number of rotatable bonds is 1. The van der Waals surface area contributed by atoms with Crippen LogP contribution in [0.15, 0.2) is 16.7 Å². The van der Waals surface area contributed by atoms with E-state index in [0.717, 1.165) is 0 Å². The molecule has 5 heteroatoms. The highest BCUT2D eigenvalue weighted by Crippen LogP contribution is 2.20. The minimum absolute atomic E-state index is 0.0909. The van der Waals surface area contributed by atoms with E-state index < -0.39 is 0 Å². The molecule has 4 nitrogen and oxygen atoms in total. The summed E-state index contributed by atoms with van der Waals surface area (Å²) < 4.78 is 0.653. The number of nitrogens with one attached hydrogen (secondary N) is 1. The highest BCUT2D eigenvalue weighted by Gasteiger charge is 2.06. The van der Waals surface area contributed by atoms with Gasteiger partial charge < -0.3 is 15.4 Å². The predicted molar refractivity (Wildman–Crippen MR) is 43.5 cm³/mol. The molecule has 0 aliphatic heterocycles. The molecule has 2 N–H and O–H groups in total. The molecule has 1 rings (SSSR count). The van der Waals surface area contributed by atoms with Crippen LogP contribution in [0.5, 0.6) is 5.75 Å². The lowest BCUT2D eigenvalue weighted by molar-refractivity contribution is -0.754. The molecule has 0 aliphatic carbocycles. The standard InChI is InChI=1S/C6H7BrN2O2/c1-9(11)6-5(10)2-4(7)3-8-6/h2-3,9-10H,1H3. The van der Waals surface area contributed by atoms with Crippen molar-refractivity contribution >= 4 is 21.7 Å². The van der Waals surface area contributed by atoms with Crippen LogP contribution in [0.2, 0.25) is 0 Å². The Bertz CT molecular complexity index is 265. The number of halogens is 1. The smallest absolute Gasteiger partial charge is 0.268 e. The van der Waals surface area contributed by atoms with Gasteiger partial charge in [0.25, 0.3) is 5.82 Å². The molecule has 0 fully saturated rings. The molecule has 0 spiro atoms. The fourth-order valence-corrected chi connectivity index (χ4v) is 1.02. The van der Waals surface area contributed by atoms with Crippen LogP contribution in [0, 0.1) is 5.21 Å². The first kappa shape index (κ1) is 8.45. The Balaban J connectivity index is 3.09. The number of aromatic hydroxyl groups is 1. The van der Waals surface area contributed by atoms with Gasteiger partial charge in [-0.25, -0.2) is 4.98 Å². The molecule has 1 aromatic heterocycles. The van der Waals surface area contributed by atoms with Gasteiger partial charge in [-0.3, -0.25) is 0 Å². The minimum Gasteiger partial charge on any atom is -0.628 e. The van der Waals surface area contributed by atoms with Crippen molar-refractivity contribution < 1.29 is 10.2 Å². The molecule has 0 amide bonds. The maximum atomic E-state index is 10.7. The Hall–Kier alpha value is -0.650. The summed E-state index contributed by atoms with van der Waals surface area (Å²) in [5.74, 6) is 0.0140. The zero-order valence-corrected chi connectivity index (χ0v) is 7.42. The second-order valence-electron chi connectivity index (χ2n) is 2.08. The lowest BCUT2D eigenvalue weighted by atomic mass is 10.4. The van der Waals surface area contributed by atoms with Crippen LogP contribution >= 0.6 is 15.9 Å². The van der Waals surface area contributed by atoms with E-state index in [2.05, 4.69) is 20.9 Å². The van der Waals surface area contributed by atoms with Crippen molar-refractivity contribution in [2.45, 2.75) is 0 Å². The summed E-state index contributed by atoms with van der Waals surface area (Å²) in [5.41, 5.74) is 0. The van der Waals surface area contributed by atoms with E-state index in [1.807, 2.05) is 0 Å². The van der Waals surface area contributed by atoms with Gasteiger partial charge in [-0.1, -0.05) is 0 Å². The molecule has 1 heterocycles. The zero-order chi connectivity index (χ0) is 8.43. The first-order chi connectivity index (χ1) is 5.11. The Morgan fingerprint density at radius 1 is 1.73 bits per heavy atom. The van der Waals surface area contributed by atoms with Crippen LogP contribution in [0.25, 0.3) is 0 Å². The summed E-state index contributed by atoms with van der Waals surface area (Å²) in [6, 6.07) is 1.43. The summed E-state index contributed by atoms with van der Waals surface area (Å²) in [4.78, 5) is 3.73. The highest BCUT2D eigenvalue weighted by molar-refractivity contribution is 9.10. The maximum absolute atomic E-state index is 10.7. The van der Waals surface area contributed by atoms with Gasteiger partial charge >= 0.3 is 0 Å². The first-order valence-corrected chi connectivity index (χ1v) is 3.76. The molecule has 11 heavy (non-hydrogen) atoms. The number of hydroxylamine groups is 1. The summed E-state index contributed by atoms with van der Waals surface area (Å²) >= 11 is 3.11. The third-order valence-electron chi connectivity index (χ3n) is 1.17. The van der Waals surface area contributed by atoms with Crippen molar-refractivity contribution in [1.82, 2.24) is 4.98 Å². The van der Waals surface area contributed by atoms with Gasteiger partial charge in [0.05, 0.1) is 7.05 Å². The third kappa shape index (κ3) is 1.89. The largest absolute Gasteiger partial charge is 0.628 e. The molecule has 0 saturated heterocycles. The number of pyridine rings is 1. The van der Waals surface area contributed by atoms with Crippen LogP contribution < -0.4 is 5.06 Å². The van der Waals surface area contributed by atoms with E-state index in [4.69, 9.17) is 5.11 Å². The van der Waals surface area contributed by atoms with Crippen molar-refractivity contribution in [2.75, 3.05) is 7.05 Å². The first-order valence-electron chi connectivity index (χ1n) is 2.96. The normalized spacial score (nSPS) is 13.0. The average molecular weight is 219 g/mol. The average Bonchev–Trinajstić information content (AvgIpc) is 1.85. The zero-order valence-electron chi connectivity index (χ0n) is 5.84. The van der Waals surface area contributed by atoms with Crippen molar-refractivity contribution in [3.8, 4) is 5.75 Å². The van der Waals surface area contributed by atoms with Crippen molar-refractivity contribution in [3.05, 3.63) is 21.9 Å². The summed E-state index contributed by atoms with van der Waals surface area (Å²) in [6.45, 7) is 0. The highest BCUT2D eigenvalue weighted by atomic mass is 79.9. The van der Waals surface area contributed by atoms with E-state index in [1.54, 1.807) is 0 Å². The predicted octanol–water partition coefficient (Wildman–Crippen LogP) is 0.194. The SMILES string of the molecule is C[NH+]([O-])c1ncc(Br)cc1O. The Morgan fingerprint density at radius 2 is 2.36 bits per heavy atom. The monoisotopic (exact) mass is 218 g/mol. The second kappa shape index (κ2) is 3.17. The number of aromatic nitrogens is 1. The third-order valence-corrected chi connectivity index (χ3v) is 1.60. The quantitative estimate of drug-likeness (QED) is 0.663. The van der Waals surface area contributed by atoms with E-state index in [-0.39, 0.29) is 16.6 Å². The van der Waals surface area contributed by atoms with E-state index in [0.29, 0.717) is 4.47 Å². The van der Waals surface area contributed by atoms with Gasteiger partial charge in [0.2, 0.25) is 0 Å². The van der Waals surface area contributed by atoms with E-state index in [1.165, 1.54) is 19.3 Å². The Morgan fingerprint density at radius 3 is 2.82 bits per heavy atom. The molecule has 60 valence electrons. The molecule has 0 radical (unpaired) electrons. The maximum Gasteiger partial charge on any atom is 0.268 e. The molecule has 1 unspecified atom stereocenters. The van der Waals surface area contributed by atoms with E-state index in [9.17, 15) is 5.21 Å². The topological polar surface area (TPSA) is 60.6 Å². The van der Waals surface area contributed by atoms with Gasteiger partial charge in [0.1, 0.15) is 0 Å². The molecule has 1 atom stereocenters. The summed E-state index contributed by atoms with van der Waals surface area (Å²) in [6.07, 6.45) is 1.47. The van der Waals surface area contributed by atoms with Crippen LogP contribution in [0.4, 0.5) is 5.82 Å².